The van der Waals surface area contributed by atoms with Gasteiger partial charge in [0.1, 0.15) is 5.82 Å². The molecular formula is C12H20N6O2. The standard InChI is InChI=1S/C12H20N6O2/c1-4-9-13-10(15-14-9)11(19)17-5-7-18(8-6-17)12(20)16(2)3/h4-8H2,1-3H3,(H,13,14,15). The predicted molar refractivity (Wildman–Crippen MR) is 72.3 cm³/mol. The van der Waals surface area contributed by atoms with Crippen molar-refractivity contribution in [2.75, 3.05) is 40.3 Å². The number of piperazine rings is 1. The first kappa shape index (κ1) is 14.3. The minimum atomic E-state index is -0.182. The summed E-state index contributed by atoms with van der Waals surface area (Å²) in [4.78, 5) is 33.1. The summed E-state index contributed by atoms with van der Waals surface area (Å²) in [6.07, 6.45) is 0.714. The Balaban J connectivity index is 1.93. The normalized spacial score (nSPS) is 15.3. The van der Waals surface area contributed by atoms with Gasteiger partial charge >= 0.3 is 6.03 Å². The summed E-state index contributed by atoms with van der Waals surface area (Å²) < 4.78 is 0. The highest BCUT2D eigenvalue weighted by molar-refractivity contribution is 5.90. The van der Waals surface area contributed by atoms with E-state index in [1.807, 2.05) is 6.92 Å². The van der Waals surface area contributed by atoms with E-state index in [-0.39, 0.29) is 17.8 Å². The molecule has 0 saturated carbocycles. The number of hydrogen-bond acceptors (Lipinski definition) is 4. The topological polar surface area (TPSA) is 85.4 Å². The van der Waals surface area contributed by atoms with E-state index in [0.29, 0.717) is 38.4 Å². The molecule has 0 aromatic carbocycles. The Labute approximate surface area is 117 Å². The van der Waals surface area contributed by atoms with Crippen LogP contribution in [0.3, 0.4) is 0 Å². The number of aryl methyl sites for hydroxylation is 1. The molecule has 0 atom stereocenters. The first-order chi connectivity index (χ1) is 9.52. The minimum absolute atomic E-state index is 0.0248. The van der Waals surface area contributed by atoms with Crippen LogP contribution >= 0.6 is 0 Å². The van der Waals surface area contributed by atoms with Crippen LogP contribution in [0.25, 0.3) is 0 Å². The molecule has 0 unspecified atom stereocenters. The van der Waals surface area contributed by atoms with E-state index in [2.05, 4.69) is 15.2 Å². The molecular weight excluding hydrogens is 260 g/mol. The number of nitrogens with one attached hydrogen (secondary N) is 1. The van der Waals surface area contributed by atoms with Crippen molar-refractivity contribution in [3.05, 3.63) is 11.6 Å². The highest BCUT2D eigenvalue weighted by Gasteiger charge is 2.27. The Hall–Kier alpha value is -2.12. The van der Waals surface area contributed by atoms with Crippen molar-refractivity contribution < 1.29 is 9.59 Å². The molecule has 110 valence electrons. The molecule has 8 nitrogen and oxygen atoms in total. The van der Waals surface area contributed by atoms with Crippen molar-refractivity contribution in [2.24, 2.45) is 0 Å². The van der Waals surface area contributed by atoms with E-state index in [9.17, 15) is 9.59 Å². The number of carbonyl (C=O) groups excluding carboxylic acids is 2. The van der Waals surface area contributed by atoms with Crippen molar-refractivity contribution in [2.45, 2.75) is 13.3 Å². The van der Waals surface area contributed by atoms with Crippen LogP contribution in [0.4, 0.5) is 4.79 Å². The lowest BCUT2D eigenvalue weighted by molar-refractivity contribution is 0.0639. The largest absolute Gasteiger partial charge is 0.332 e. The number of rotatable bonds is 2. The molecule has 0 spiro atoms. The van der Waals surface area contributed by atoms with Gasteiger partial charge in [-0.1, -0.05) is 6.92 Å². The number of urea groups is 1. The average molecular weight is 280 g/mol. The zero-order valence-electron chi connectivity index (χ0n) is 12.1. The zero-order chi connectivity index (χ0) is 14.7. The van der Waals surface area contributed by atoms with Gasteiger partial charge in [-0.25, -0.2) is 9.78 Å². The second-order valence-electron chi connectivity index (χ2n) is 4.92. The molecule has 2 rings (SSSR count). The van der Waals surface area contributed by atoms with E-state index in [1.165, 1.54) is 0 Å². The van der Waals surface area contributed by atoms with Gasteiger partial charge in [0.15, 0.2) is 0 Å². The Bertz CT molecular complexity index is 490. The first-order valence-electron chi connectivity index (χ1n) is 6.69. The highest BCUT2D eigenvalue weighted by atomic mass is 16.2. The number of hydrogen-bond donors (Lipinski definition) is 1. The second kappa shape index (κ2) is 5.89. The average Bonchev–Trinajstić information content (AvgIpc) is 2.94. The summed E-state index contributed by atoms with van der Waals surface area (Å²) >= 11 is 0. The monoisotopic (exact) mass is 280 g/mol. The lowest BCUT2D eigenvalue weighted by Crippen LogP contribution is -2.53. The molecule has 0 aliphatic carbocycles. The zero-order valence-corrected chi connectivity index (χ0v) is 12.1. The number of carbonyl (C=O) groups is 2. The Morgan fingerprint density at radius 3 is 2.30 bits per heavy atom. The van der Waals surface area contributed by atoms with Crippen molar-refractivity contribution in [3.8, 4) is 0 Å². The lowest BCUT2D eigenvalue weighted by Gasteiger charge is -2.35. The molecule has 1 N–H and O–H groups in total. The molecule has 1 fully saturated rings. The molecule has 1 aromatic rings. The molecule has 1 aromatic heterocycles. The van der Waals surface area contributed by atoms with Gasteiger partial charge in [0.05, 0.1) is 0 Å². The molecule has 3 amide bonds. The smallest absolute Gasteiger partial charge is 0.319 e. The van der Waals surface area contributed by atoms with Crippen LogP contribution in [0.15, 0.2) is 0 Å². The lowest BCUT2D eigenvalue weighted by atomic mass is 10.3. The highest BCUT2D eigenvalue weighted by Crippen LogP contribution is 2.07. The summed E-state index contributed by atoms with van der Waals surface area (Å²) in [6, 6.07) is -0.0248. The van der Waals surface area contributed by atoms with E-state index >= 15 is 0 Å². The number of aromatic nitrogens is 3. The third-order valence-corrected chi connectivity index (χ3v) is 3.28. The van der Waals surface area contributed by atoms with Crippen molar-refractivity contribution >= 4 is 11.9 Å². The van der Waals surface area contributed by atoms with E-state index in [1.54, 1.807) is 28.8 Å². The van der Waals surface area contributed by atoms with Gasteiger partial charge in [-0.15, -0.1) is 5.10 Å². The van der Waals surface area contributed by atoms with E-state index in [4.69, 9.17) is 0 Å². The van der Waals surface area contributed by atoms with Gasteiger partial charge in [-0.2, -0.15) is 0 Å². The fourth-order valence-electron chi connectivity index (χ4n) is 2.07. The predicted octanol–water partition coefficient (Wildman–Crippen LogP) is -0.193. The van der Waals surface area contributed by atoms with Crippen LogP contribution < -0.4 is 0 Å². The number of nitrogens with zero attached hydrogens (tertiary/aromatic N) is 5. The molecule has 1 saturated heterocycles. The van der Waals surface area contributed by atoms with Crippen LogP contribution in [0.2, 0.25) is 0 Å². The van der Waals surface area contributed by atoms with Gasteiger partial charge in [0.25, 0.3) is 5.91 Å². The third kappa shape index (κ3) is 2.89. The van der Waals surface area contributed by atoms with Gasteiger partial charge < -0.3 is 14.7 Å². The number of aromatic amines is 1. The fraction of sp³-hybridized carbons (Fsp3) is 0.667. The van der Waals surface area contributed by atoms with Crippen molar-refractivity contribution in [1.82, 2.24) is 29.9 Å². The molecule has 8 heteroatoms. The fourth-order valence-corrected chi connectivity index (χ4v) is 2.07. The first-order valence-corrected chi connectivity index (χ1v) is 6.69. The van der Waals surface area contributed by atoms with Crippen LogP contribution in [0.1, 0.15) is 23.4 Å². The van der Waals surface area contributed by atoms with Crippen molar-refractivity contribution in [3.63, 3.8) is 0 Å². The maximum Gasteiger partial charge on any atom is 0.319 e. The molecule has 0 bridgehead atoms. The molecule has 1 aliphatic heterocycles. The Morgan fingerprint density at radius 1 is 1.20 bits per heavy atom. The summed E-state index contributed by atoms with van der Waals surface area (Å²) in [5.41, 5.74) is 0. The van der Waals surface area contributed by atoms with Crippen LogP contribution in [0.5, 0.6) is 0 Å². The third-order valence-electron chi connectivity index (χ3n) is 3.28. The van der Waals surface area contributed by atoms with Gasteiger partial charge in [0.2, 0.25) is 5.82 Å². The van der Waals surface area contributed by atoms with E-state index < -0.39 is 0 Å². The maximum absolute atomic E-state index is 12.2. The summed E-state index contributed by atoms with van der Waals surface area (Å²) in [5.74, 6) is 0.724. The summed E-state index contributed by atoms with van der Waals surface area (Å²) in [7, 11) is 3.44. The molecule has 2 heterocycles. The second-order valence-corrected chi connectivity index (χ2v) is 4.92. The van der Waals surface area contributed by atoms with Crippen LogP contribution in [-0.2, 0) is 6.42 Å². The Kier molecular flexibility index (Phi) is 4.21. The molecule has 1 aliphatic rings. The minimum Gasteiger partial charge on any atom is -0.332 e. The quantitative estimate of drug-likeness (QED) is 0.813. The Morgan fingerprint density at radius 2 is 1.80 bits per heavy atom. The number of H-pyrrole nitrogens is 1. The van der Waals surface area contributed by atoms with Crippen LogP contribution in [-0.4, -0.2) is 82.1 Å². The molecule has 20 heavy (non-hydrogen) atoms. The summed E-state index contributed by atoms with van der Waals surface area (Å²) in [6.45, 7) is 4.03. The van der Waals surface area contributed by atoms with Crippen molar-refractivity contribution in [1.29, 1.82) is 0 Å². The summed E-state index contributed by atoms with van der Waals surface area (Å²) in [5, 5.41) is 6.67. The van der Waals surface area contributed by atoms with Crippen LogP contribution in [0, 0.1) is 0 Å². The maximum atomic E-state index is 12.2. The van der Waals surface area contributed by atoms with Gasteiger partial charge in [0, 0.05) is 46.7 Å². The molecule has 0 radical (unpaired) electrons. The SMILES string of the molecule is CCc1nc(C(=O)N2CCN(C(=O)N(C)C)CC2)n[nH]1. The van der Waals surface area contributed by atoms with Gasteiger partial charge in [-0.3, -0.25) is 9.89 Å². The number of amides is 3. The van der Waals surface area contributed by atoms with Gasteiger partial charge in [-0.05, 0) is 0 Å². The van der Waals surface area contributed by atoms with E-state index in [0.717, 1.165) is 0 Å².